The molecule has 0 spiro atoms. The van der Waals surface area contributed by atoms with Crippen LogP contribution < -0.4 is 4.90 Å². The van der Waals surface area contributed by atoms with E-state index in [2.05, 4.69) is 9.55 Å². The van der Waals surface area contributed by atoms with Gasteiger partial charge in [0.25, 0.3) is 0 Å². The number of nitrogens with zero attached hydrogens (tertiary/aromatic N) is 4. The Labute approximate surface area is 144 Å². The number of hydrogen-bond donors (Lipinski definition) is 0. The fourth-order valence-electron chi connectivity index (χ4n) is 2.66. The van der Waals surface area contributed by atoms with Gasteiger partial charge >= 0.3 is 0 Å². The van der Waals surface area contributed by atoms with Gasteiger partial charge in [0.2, 0.25) is 5.91 Å². The molecule has 1 aromatic carbocycles. The van der Waals surface area contributed by atoms with Crippen molar-refractivity contribution in [2.45, 2.75) is 20.4 Å². The molecule has 0 saturated carbocycles. The number of carbonyl (C=O) groups excluding carboxylic acids is 1. The van der Waals surface area contributed by atoms with Gasteiger partial charge < -0.3 is 9.30 Å². The van der Waals surface area contributed by atoms with Gasteiger partial charge in [0.05, 0.1) is 17.6 Å². The summed E-state index contributed by atoms with van der Waals surface area (Å²) in [6.07, 6.45) is 0. The highest BCUT2D eigenvalue weighted by molar-refractivity contribution is 7.14. The molecule has 0 radical (unpaired) electrons. The number of hydrogen-bond acceptors (Lipinski definition) is 5. The minimum absolute atomic E-state index is 0.00807. The number of methoxy groups -OCH3 is 1. The van der Waals surface area contributed by atoms with Gasteiger partial charge in [-0.1, -0.05) is 12.1 Å². The second-order valence-electron chi connectivity index (χ2n) is 5.35. The average molecular weight is 344 g/mol. The monoisotopic (exact) mass is 344 g/mol. The SMILES string of the molecule is CCN(C(C)=O)c1nc(-c2nc3ccccc3n2CCOC)cs1. The maximum atomic E-state index is 11.7. The normalized spacial score (nSPS) is 11.1. The standard InChI is InChI=1S/C17H20N4O2S/c1-4-20(12(2)22)17-19-14(11-24-17)16-18-13-7-5-6-8-15(13)21(16)9-10-23-3/h5-8,11H,4,9-10H2,1-3H3. The number of benzene rings is 1. The third kappa shape index (κ3) is 3.05. The van der Waals surface area contributed by atoms with Crippen LogP contribution in [0, 0.1) is 0 Å². The number of imidazole rings is 1. The van der Waals surface area contributed by atoms with Gasteiger partial charge in [0.1, 0.15) is 5.69 Å². The molecule has 1 amide bonds. The first-order valence-electron chi connectivity index (χ1n) is 7.84. The van der Waals surface area contributed by atoms with Crippen molar-refractivity contribution in [1.82, 2.24) is 14.5 Å². The van der Waals surface area contributed by atoms with Gasteiger partial charge in [-0.15, -0.1) is 11.3 Å². The number of aromatic nitrogens is 3. The Morgan fingerprint density at radius 3 is 2.83 bits per heavy atom. The van der Waals surface area contributed by atoms with Gasteiger partial charge in [0, 0.05) is 32.5 Å². The Kier molecular flexibility index (Phi) is 4.92. The number of anilines is 1. The van der Waals surface area contributed by atoms with E-state index in [0.29, 0.717) is 24.8 Å². The second-order valence-corrected chi connectivity index (χ2v) is 6.18. The highest BCUT2D eigenvalue weighted by Gasteiger charge is 2.18. The molecule has 2 heterocycles. The molecule has 0 atom stereocenters. The quantitative estimate of drug-likeness (QED) is 0.689. The fraction of sp³-hybridized carbons (Fsp3) is 0.353. The van der Waals surface area contributed by atoms with E-state index < -0.39 is 0 Å². The van der Waals surface area contributed by atoms with Crippen LogP contribution in [0.1, 0.15) is 13.8 Å². The van der Waals surface area contributed by atoms with Crippen LogP contribution in [0.25, 0.3) is 22.6 Å². The number of thiazole rings is 1. The molecule has 0 aliphatic rings. The number of carbonyl (C=O) groups is 1. The van der Waals surface area contributed by atoms with Crippen LogP contribution in [0.4, 0.5) is 5.13 Å². The van der Waals surface area contributed by atoms with Gasteiger partial charge in [-0.3, -0.25) is 9.69 Å². The topological polar surface area (TPSA) is 60.2 Å². The molecule has 7 heteroatoms. The number of para-hydroxylation sites is 2. The van der Waals surface area contributed by atoms with E-state index >= 15 is 0 Å². The molecule has 3 rings (SSSR count). The molecular weight excluding hydrogens is 324 g/mol. The Morgan fingerprint density at radius 2 is 2.12 bits per heavy atom. The van der Waals surface area contributed by atoms with Crippen molar-refractivity contribution in [1.29, 1.82) is 0 Å². The first kappa shape index (κ1) is 16.6. The summed E-state index contributed by atoms with van der Waals surface area (Å²) in [5, 5.41) is 2.65. The third-order valence-electron chi connectivity index (χ3n) is 3.82. The van der Waals surface area contributed by atoms with Gasteiger partial charge in [-0.25, -0.2) is 9.97 Å². The lowest BCUT2D eigenvalue weighted by molar-refractivity contribution is -0.116. The van der Waals surface area contributed by atoms with Gasteiger partial charge in [-0.2, -0.15) is 0 Å². The number of fused-ring (bicyclic) bond motifs is 1. The molecule has 2 aromatic heterocycles. The number of ether oxygens (including phenoxy) is 1. The largest absolute Gasteiger partial charge is 0.383 e. The lowest BCUT2D eigenvalue weighted by Gasteiger charge is -2.14. The van der Waals surface area contributed by atoms with Crippen LogP contribution in [0.2, 0.25) is 0 Å². The lowest BCUT2D eigenvalue weighted by atomic mass is 10.3. The molecule has 3 aromatic rings. The first-order valence-corrected chi connectivity index (χ1v) is 8.71. The molecule has 0 saturated heterocycles. The molecule has 6 nitrogen and oxygen atoms in total. The van der Waals surface area contributed by atoms with E-state index in [-0.39, 0.29) is 5.91 Å². The molecule has 126 valence electrons. The molecule has 0 fully saturated rings. The van der Waals surface area contributed by atoms with E-state index in [9.17, 15) is 4.79 Å². The molecular formula is C17H20N4O2S. The molecule has 0 unspecified atom stereocenters. The van der Waals surface area contributed by atoms with Crippen LogP contribution in [-0.2, 0) is 16.1 Å². The van der Waals surface area contributed by atoms with Crippen molar-refractivity contribution in [3.8, 4) is 11.5 Å². The Bertz CT molecular complexity index is 855. The minimum atomic E-state index is -0.00807. The maximum Gasteiger partial charge on any atom is 0.225 e. The molecule has 0 bridgehead atoms. The predicted octanol–water partition coefficient (Wildman–Crippen LogP) is 3.18. The third-order valence-corrected chi connectivity index (χ3v) is 4.69. The zero-order valence-corrected chi connectivity index (χ0v) is 14.8. The highest BCUT2D eigenvalue weighted by Crippen LogP contribution is 2.29. The summed E-state index contributed by atoms with van der Waals surface area (Å²) >= 11 is 1.46. The van der Waals surface area contributed by atoms with Crippen LogP contribution in [0.3, 0.4) is 0 Å². The van der Waals surface area contributed by atoms with Crippen LogP contribution in [0.15, 0.2) is 29.6 Å². The zero-order valence-electron chi connectivity index (χ0n) is 14.0. The zero-order chi connectivity index (χ0) is 17.1. The summed E-state index contributed by atoms with van der Waals surface area (Å²) in [6.45, 7) is 5.39. The molecule has 24 heavy (non-hydrogen) atoms. The molecule has 0 aliphatic carbocycles. The van der Waals surface area contributed by atoms with Crippen molar-refractivity contribution in [2.75, 3.05) is 25.2 Å². The smallest absolute Gasteiger partial charge is 0.225 e. The summed E-state index contributed by atoms with van der Waals surface area (Å²) < 4.78 is 7.34. The molecule has 0 N–H and O–H groups in total. The summed E-state index contributed by atoms with van der Waals surface area (Å²) in [5.74, 6) is 0.793. The van der Waals surface area contributed by atoms with Gasteiger partial charge in [0.15, 0.2) is 11.0 Å². The van der Waals surface area contributed by atoms with Crippen LogP contribution in [0.5, 0.6) is 0 Å². The van der Waals surface area contributed by atoms with Crippen molar-refractivity contribution >= 4 is 33.4 Å². The van der Waals surface area contributed by atoms with Crippen molar-refractivity contribution in [3.05, 3.63) is 29.6 Å². The van der Waals surface area contributed by atoms with Crippen molar-refractivity contribution in [2.24, 2.45) is 0 Å². The molecule has 0 aliphatic heterocycles. The minimum Gasteiger partial charge on any atom is -0.383 e. The average Bonchev–Trinajstić information content (AvgIpc) is 3.18. The number of amides is 1. The Balaban J connectivity index is 2.05. The lowest BCUT2D eigenvalue weighted by Crippen LogP contribution is -2.27. The van der Waals surface area contributed by atoms with E-state index in [4.69, 9.17) is 9.72 Å². The number of rotatable bonds is 6. The van der Waals surface area contributed by atoms with Crippen LogP contribution >= 0.6 is 11.3 Å². The Hall–Kier alpha value is -2.25. The van der Waals surface area contributed by atoms with E-state index in [1.54, 1.807) is 18.9 Å². The van der Waals surface area contributed by atoms with Crippen LogP contribution in [-0.4, -0.2) is 40.7 Å². The summed E-state index contributed by atoms with van der Waals surface area (Å²) in [5.41, 5.74) is 2.76. The fourth-order valence-corrected chi connectivity index (χ4v) is 3.57. The van der Waals surface area contributed by atoms with Crippen molar-refractivity contribution in [3.63, 3.8) is 0 Å². The van der Waals surface area contributed by atoms with E-state index in [1.165, 1.54) is 11.3 Å². The summed E-state index contributed by atoms with van der Waals surface area (Å²) in [7, 11) is 1.69. The second kappa shape index (κ2) is 7.11. The first-order chi connectivity index (χ1) is 11.7. The van der Waals surface area contributed by atoms with E-state index in [0.717, 1.165) is 22.6 Å². The highest BCUT2D eigenvalue weighted by atomic mass is 32.1. The van der Waals surface area contributed by atoms with Gasteiger partial charge in [-0.05, 0) is 19.1 Å². The summed E-state index contributed by atoms with van der Waals surface area (Å²) in [6, 6.07) is 8.00. The maximum absolute atomic E-state index is 11.7. The van der Waals surface area contributed by atoms with E-state index in [1.807, 2.05) is 36.6 Å². The Morgan fingerprint density at radius 1 is 1.33 bits per heavy atom. The predicted molar refractivity (Wildman–Crippen MR) is 96.4 cm³/mol. The summed E-state index contributed by atoms with van der Waals surface area (Å²) in [4.78, 5) is 22.8. The van der Waals surface area contributed by atoms with Crippen molar-refractivity contribution < 1.29 is 9.53 Å².